The maximum Gasteiger partial charge on any atom is 0.226 e. The quantitative estimate of drug-likeness (QED) is 0.199. The summed E-state index contributed by atoms with van der Waals surface area (Å²) < 4.78 is 0. The Labute approximate surface area is 216 Å². The number of aliphatic hydroxyl groups excluding tert-OH is 3. The molecule has 0 atom stereocenters. The van der Waals surface area contributed by atoms with Crippen molar-refractivity contribution in [2.45, 2.75) is 40.0 Å². The van der Waals surface area contributed by atoms with Crippen molar-refractivity contribution in [1.82, 2.24) is 29.4 Å². The molecular formula is C24H48N6O6. The molecule has 1 saturated heterocycles. The van der Waals surface area contributed by atoms with Crippen LogP contribution in [0, 0.1) is 0 Å². The van der Waals surface area contributed by atoms with E-state index in [0.29, 0.717) is 58.9 Å². The molecule has 12 heteroatoms. The number of hydrogen-bond acceptors (Lipinski definition) is 9. The van der Waals surface area contributed by atoms with Crippen LogP contribution < -0.4 is 0 Å². The minimum Gasteiger partial charge on any atom is -0.395 e. The summed E-state index contributed by atoms with van der Waals surface area (Å²) in [7, 11) is 0. The highest BCUT2D eigenvalue weighted by molar-refractivity contribution is 5.82. The highest BCUT2D eigenvalue weighted by atomic mass is 16.3. The molecule has 0 bridgehead atoms. The Morgan fingerprint density at radius 1 is 0.528 bits per heavy atom. The van der Waals surface area contributed by atoms with Gasteiger partial charge in [0, 0.05) is 58.5 Å². The highest BCUT2D eigenvalue weighted by Crippen LogP contribution is 2.13. The second-order valence-electron chi connectivity index (χ2n) is 8.95. The molecule has 0 aromatic heterocycles. The smallest absolute Gasteiger partial charge is 0.226 e. The van der Waals surface area contributed by atoms with Crippen molar-refractivity contribution in [1.29, 1.82) is 0 Å². The van der Waals surface area contributed by atoms with Crippen LogP contribution in [0.4, 0.5) is 0 Å². The molecule has 210 valence electrons. The second-order valence-corrected chi connectivity index (χ2v) is 8.95. The lowest BCUT2D eigenvalue weighted by Crippen LogP contribution is -2.60. The molecule has 0 aromatic rings. The van der Waals surface area contributed by atoms with E-state index in [1.807, 2.05) is 35.5 Å². The molecular weight excluding hydrogens is 468 g/mol. The third-order valence-electron chi connectivity index (χ3n) is 6.60. The van der Waals surface area contributed by atoms with Gasteiger partial charge in [0.15, 0.2) is 0 Å². The van der Waals surface area contributed by atoms with E-state index in [4.69, 9.17) is 0 Å². The fourth-order valence-corrected chi connectivity index (χ4v) is 4.17. The first-order valence-corrected chi connectivity index (χ1v) is 13.2. The van der Waals surface area contributed by atoms with E-state index in [-0.39, 0.29) is 76.8 Å². The zero-order valence-corrected chi connectivity index (χ0v) is 22.5. The fourth-order valence-electron chi connectivity index (χ4n) is 4.17. The topological polar surface area (TPSA) is 131 Å². The van der Waals surface area contributed by atoms with E-state index >= 15 is 0 Å². The molecule has 3 amide bonds. The van der Waals surface area contributed by atoms with Crippen LogP contribution in [0.5, 0.6) is 0 Å². The van der Waals surface area contributed by atoms with Crippen LogP contribution in [0.2, 0.25) is 0 Å². The first-order chi connectivity index (χ1) is 17.3. The number of hydrogen-bond donors (Lipinski definition) is 3. The molecule has 1 aliphatic rings. The van der Waals surface area contributed by atoms with E-state index < -0.39 is 0 Å². The van der Waals surface area contributed by atoms with Crippen molar-refractivity contribution in [3.05, 3.63) is 0 Å². The Kier molecular flexibility index (Phi) is 16.5. The normalized spacial score (nSPS) is 14.4. The Morgan fingerprint density at radius 2 is 0.778 bits per heavy atom. The predicted octanol–water partition coefficient (Wildman–Crippen LogP) is -1.53. The van der Waals surface area contributed by atoms with E-state index in [9.17, 15) is 29.7 Å². The Hall–Kier alpha value is -1.83. The molecule has 36 heavy (non-hydrogen) atoms. The molecule has 0 aliphatic carbocycles. The second kappa shape index (κ2) is 18.4. The van der Waals surface area contributed by atoms with Gasteiger partial charge in [-0.2, -0.15) is 0 Å². The van der Waals surface area contributed by atoms with Gasteiger partial charge in [0.05, 0.1) is 39.8 Å². The van der Waals surface area contributed by atoms with Crippen molar-refractivity contribution >= 4 is 17.7 Å². The Morgan fingerprint density at radius 3 is 0.972 bits per heavy atom. The minimum absolute atomic E-state index is 0.0203. The van der Waals surface area contributed by atoms with Crippen molar-refractivity contribution in [2.75, 3.05) is 98.7 Å². The van der Waals surface area contributed by atoms with Gasteiger partial charge in [-0.15, -0.1) is 0 Å². The number of aliphatic hydroxyl groups is 3. The van der Waals surface area contributed by atoms with Gasteiger partial charge in [0.25, 0.3) is 0 Å². The van der Waals surface area contributed by atoms with Crippen molar-refractivity contribution in [3.63, 3.8) is 0 Å². The molecule has 0 unspecified atom stereocenters. The van der Waals surface area contributed by atoms with Gasteiger partial charge < -0.3 is 44.7 Å². The maximum atomic E-state index is 13.0. The van der Waals surface area contributed by atoms with Gasteiger partial charge in [0.1, 0.15) is 0 Å². The molecule has 1 heterocycles. The monoisotopic (exact) mass is 516 g/mol. The van der Waals surface area contributed by atoms with Crippen LogP contribution in [0.15, 0.2) is 0 Å². The average Bonchev–Trinajstić information content (AvgIpc) is 2.90. The molecule has 0 spiro atoms. The van der Waals surface area contributed by atoms with Gasteiger partial charge in [-0.05, 0) is 19.6 Å². The van der Waals surface area contributed by atoms with Crippen molar-refractivity contribution in [3.8, 4) is 0 Å². The predicted molar refractivity (Wildman–Crippen MR) is 137 cm³/mol. The molecule has 1 rings (SSSR count). The summed E-state index contributed by atoms with van der Waals surface area (Å²) in [6.45, 7) is 11.4. The zero-order chi connectivity index (χ0) is 26.9. The number of carbonyl (C=O) groups excluding carboxylic acids is 3. The number of amides is 3. The van der Waals surface area contributed by atoms with Crippen LogP contribution in [-0.2, 0) is 14.4 Å². The van der Waals surface area contributed by atoms with E-state index in [1.54, 1.807) is 14.7 Å². The summed E-state index contributed by atoms with van der Waals surface area (Å²) in [4.78, 5) is 49.7. The Bertz CT molecular complexity index is 563. The SMILES string of the molecule is CCN(CCO)CCC(=O)N1CN(C(=O)CCN(CC)CCO)CN(C(=O)CCN(CC)CCO)C1. The zero-order valence-electron chi connectivity index (χ0n) is 22.5. The molecule has 1 aliphatic heterocycles. The summed E-state index contributed by atoms with van der Waals surface area (Å²) in [5.74, 6) is -0.437. The standard InChI is InChI=1S/C24H48N6O6/c1-4-25(13-16-31)10-7-22(34)28-19-29(23(35)8-11-26(5-2)14-17-32)21-30(20-28)24(36)9-12-27(6-3)15-18-33/h31-33H,4-21H2,1-3H3. The largest absolute Gasteiger partial charge is 0.395 e. The molecule has 1 fully saturated rings. The molecule has 0 aromatic carbocycles. The lowest BCUT2D eigenvalue weighted by atomic mass is 10.2. The van der Waals surface area contributed by atoms with Gasteiger partial charge in [-0.1, -0.05) is 20.8 Å². The summed E-state index contributed by atoms with van der Waals surface area (Å²) in [6.07, 6.45) is 0.703. The van der Waals surface area contributed by atoms with Gasteiger partial charge in [-0.3, -0.25) is 14.4 Å². The first-order valence-electron chi connectivity index (χ1n) is 13.2. The number of likely N-dealkylation sites (N-methyl/N-ethyl adjacent to an activating group) is 3. The third-order valence-corrected chi connectivity index (χ3v) is 6.60. The summed E-state index contributed by atoms with van der Waals surface area (Å²) in [6, 6.07) is 0. The van der Waals surface area contributed by atoms with E-state index in [1.165, 1.54) is 0 Å². The molecule has 12 nitrogen and oxygen atoms in total. The van der Waals surface area contributed by atoms with Gasteiger partial charge in [0.2, 0.25) is 17.7 Å². The molecule has 0 radical (unpaired) electrons. The first kappa shape index (κ1) is 32.2. The summed E-state index contributed by atoms with van der Waals surface area (Å²) in [5.41, 5.74) is 0. The van der Waals surface area contributed by atoms with Crippen molar-refractivity contribution < 1.29 is 29.7 Å². The summed E-state index contributed by atoms with van der Waals surface area (Å²) in [5, 5.41) is 27.6. The third kappa shape index (κ3) is 11.5. The van der Waals surface area contributed by atoms with Crippen molar-refractivity contribution in [2.24, 2.45) is 0 Å². The van der Waals surface area contributed by atoms with Crippen LogP contribution in [0.3, 0.4) is 0 Å². The van der Waals surface area contributed by atoms with E-state index in [2.05, 4.69) is 0 Å². The minimum atomic E-state index is -0.146. The van der Waals surface area contributed by atoms with Crippen LogP contribution in [0.1, 0.15) is 40.0 Å². The Balaban J connectivity index is 2.87. The van der Waals surface area contributed by atoms with Crippen LogP contribution in [0.25, 0.3) is 0 Å². The maximum absolute atomic E-state index is 13.0. The van der Waals surface area contributed by atoms with E-state index in [0.717, 1.165) is 0 Å². The average molecular weight is 517 g/mol. The molecule has 3 N–H and O–H groups in total. The van der Waals surface area contributed by atoms with Gasteiger partial charge in [-0.25, -0.2) is 0 Å². The number of nitrogens with zero attached hydrogens (tertiary/aromatic N) is 6. The lowest BCUT2D eigenvalue weighted by Gasteiger charge is -2.42. The fraction of sp³-hybridized carbons (Fsp3) is 0.875. The van der Waals surface area contributed by atoms with Crippen LogP contribution >= 0.6 is 0 Å². The lowest BCUT2D eigenvalue weighted by molar-refractivity contribution is -0.159. The summed E-state index contributed by atoms with van der Waals surface area (Å²) >= 11 is 0. The van der Waals surface area contributed by atoms with Crippen LogP contribution in [-0.4, -0.2) is 161 Å². The molecule has 0 saturated carbocycles. The van der Waals surface area contributed by atoms with Gasteiger partial charge >= 0.3 is 0 Å². The number of carbonyl (C=O) groups is 3. The highest BCUT2D eigenvalue weighted by Gasteiger charge is 2.31. The number of rotatable bonds is 18.